The van der Waals surface area contributed by atoms with E-state index in [1.165, 1.54) is 16.0 Å². The van der Waals surface area contributed by atoms with Gasteiger partial charge in [0.15, 0.2) is 0 Å². The Balaban J connectivity index is 1.88. The number of rotatable bonds is 4. The fourth-order valence-electron chi connectivity index (χ4n) is 2.14. The molecule has 20 heavy (non-hydrogen) atoms. The van der Waals surface area contributed by atoms with Crippen LogP contribution in [0, 0.1) is 13.8 Å². The van der Waals surface area contributed by atoms with E-state index in [1.54, 1.807) is 11.3 Å². The Bertz CT molecular complexity index is 592. The van der Waals surface area contributed by atoms with Crippen molar-refractivity contribution in [2.45, 2.75) is 33.4 Å². The molecule has 1 aromatic carbocycles. The first-order valence-electron chi connectivity index (χ1n) is 6.71. The molecule has 0 aliphatic carbocycles. The number of hydrogen-bond donors (Lipinski definition) is 2. The molecule has 1 atom stereocenters. The molecular formula is C16H20N2OS. The van der Waals surface area contributed by atoms with Crippen LogP contribution in [0.25, 0.3) is 0 Å². The van der Waals surface area contributed by atoms with Gasteiger partial charge in [-0.3, -0.25) is 0 Å². The van der Waals surface area contributed by atoms with Crippen molar-refractivity contribution in [3.05, 3.63) is 57.3 Å². The fraction of sp³-hybridized carbons (Fsp3) is 0.312. The van der Waals surface area contributed by atoms with E-state index in [1.807, 2.05) is 30.5 Å². The van der Waals surface area contributed by atoms with E-state index in [-0.39, 0.29) is 12.1 Å². The molecule has 1 aromatic heterocycles. The number of carbonyl (C=O) groups excluding carboxylic acids is 1. The average molecular weight is 288 g/mol. The molecule has 0 radical (unpaired) electrons. The van der Waals surface area contributed by atoms with E-state index < -0.39 is 0 Å². The third-order valence-corrected chi connectivity index (χ3v) is 4.40. The second-order valence-electron chi connectivity index (χ2n) is 4.93. The highest BCUT2D eigenvalue weighted by Crippen LogP contribution is 2.17. The third-order valence-electron chi connectivity index (χ3n) is 3.38. The Hall–Kier alpha value is -1.81. The van der Waals surface area contributed by atoms with Gasteiger partial charge < -0.3 is 10.6 Å². The van der Waals surface area contributed by atoms with Crippen molar-refractivity contribution in [3.8, 4) is 0 Å². The molecule has 2 aromatic rings. The molecule has 0 spiro atoms. The van der Waals surface area contributed by atoms with Gasteiger partial charge in [-0.15, -0.1) is 11.3 Å². The molecule has 4 heteroatoms. The fourth-order valence-corrected chi connectivity index (χ4v) is 2.99. The maximum atomic E-state index is 11.9. The van der Waals surface area contributed by atoms with Crippen molar-refractivity contribution in [3.63, 3.8) is 0 Å². The summed E-state index contributed by atoms with van der Waals surface area (Å²) in [5.74, 6) is 0. The zero-order chi connectivity index (χ0) is 14.5. The summed E-state index contributed by atoms with van der Waals surface area (Å²) in [6, 6.07) is 10.0. The van der Waals surface area contributed by atoms with Crippen LogP contribution in [0.4, 0.5) is 4.79 Å². The summed E-state index contributed by atoms with van der Waals surface area (Å²) in [5.41, 5.74) is 3.56. The summed E-state index contributed by atoms with van der Waals surface area (Å²) in [6.45, 7) is 6.69. The van der Waals surface area contributed by atoms with Gasteiger partial charge in [0.05, 0.1) is 12.6 Å². The summed E-state index contributed by atoms with van der Waals surface area (Å²) < 4.78 is 0. The lowest BCUT2D eigenvalue weighted by molar-refractivity contribution is 0.237. The number of benzene rings is 1. The lowest BCUT2D eigenvalue weighted by atomic mass is 10.0. The predicted molar refractivity (Wildman–Crippen MR) is 84.0 cm³/mol. The highest BCUT2D eigenvalue weighted by molar-refractivity contribution is 7.10. The normalized spacial score (nSPS) is 11.9. The molecule has 2 N–H and O–H groups in total. The lowest BCUT2D eigenvalue weighted by Crippen LogP contribution is -2.36. The summed E-state index contributed by atoms with van der Waals surface area (Å²) in [5, 5.41) is 7.92. The monoisotopic (exact) mass is 288 g/mol. The summed E-state index contributed by atoms with van der Waals surface area (Å²) in [7, 11) is 0. The highest BCUT2D eigenvalue weighted by atomic mass is 32.1. The second kappa shape index (κ2) is 6.57. The molecule has 3 nitrogen and oxygen atoms in total. The number of nitrogens with one attached hydrogen (secondary N) is 2. The van der Waals surface area contributed by atoms with Crippen LogP contribution >= 0.6 is 11.3 Å². The number of thiophene rings is 1. The molecule has 0 saturated heterocycles. The van der Waals surface area contributed by atoms with E-state index in [4.69, 9.17) is 0 Å². The van der Waals surface area contributed by atoms with Crippen LogP contribution in [0.15, 0.2) is 35.7 Å². The van der Waals surface area contributed by atoms with Crippen LogP contribution in [-0.2, 0) is 6.54 Å². The highest BCUT2D eigenvalue weighted by Gasteiger charge is 2.11. The minimum atomic E-state index is -0.131. The van der Waals surface area contributed by atoms with Crippen molar-refractivity contribution in [2.75, 3.05) is 0 Å². The van der Waals surface area contributed by atoms with E-state index in [0.717, 1.165) is 5.56 Å². The largest absolute Gasteiger partial charge is 0.333 e. The molecule has 0 saturated carbocycles. The zero-order valence-corrected chi connectivity index (χ0v) is 12.9. The van der Waals surface area contributed by atoms with Crippen molar-refractivity contribution in [1.82, 2.24) is 10.6 Å². The Labute approximate surface area is 124 Å². The summed E-state index contributed by atoms with van der Waals surface area (Å²) in [4.78, 5) is 13.1. The molecule has 2 amide bonds. The van der Waals surface area contributed by atoms with E-state index >= 15 is 0 Å². The van der Waals surface area contributed by atoms with E-state index in [2.05, 4.69) is 36.6 Å². The second-order valence-corrected chi connectivity index (χ2v) is 5.93. The van der Waals surface area contributed by atoms with E-state index in [9.17, 15) is 4.79 Å². The van der Waals surface area contributed by atoms with Crippen LogP contribution in [0.2, 0.25) is 0 Å². The number of aryl methyl sites for hydroxylation is 2. The minimum Gasteiger partial charge on any atom is -0.333 e. The Morgan fingerprint density at radius 3 is 2.60 bits per heavy atom. The van der Waals surface area contributed by atoms with Gasteiger partial charge in [0, 0.05) is 4.88 Å². The number of carbonyl (C=O) groups is 1. The first-order valence-corrected chi connectivity index (χ1v) is 7.58. The number of urea groups is 1. The standard InChI is InChI=1S/C16H20N2OS/c1-11-6-4-5-7-14(11)13(3)18-16(19)17-10-15-12(2)8-9-20-15/h4-9,13H,10H2,1-3H3,(H2,17,18,19). The van der Waals surface area contributed by atoms with Gasteiger partial charge in [-0.2, -0.15) is 0 Å². The van der Waals surface area contributed by atoms with Crippen LogP contribution < -0.4 is 10.6 Å². The first-order chi connectivity index (χ1) is 9.58. The molecule has 2 rings (SSSR count). The lowest BCUT2D eigenvalue weighted by Gasteiger charge is -2.17. The van der Waals surface area contributed by atoms with Crippen molar-refractivity contribution in [1.29, 1.82) is 0 Å². The van der Waals surface area contributed by atoms with Crippen LogP contribution in [0.3, 0.4) is 0 Å². The van der Waals surface area contributed by atoms with Gasteiger partial charge in [0.25, 0.3) is 0 Å². The quantitative estimate of drug-likeness (QED) is 0.879. The SMILES string of the molecule is Cc1ccccc1C(C)NC(=O)NCc1sccc1C. The third kappa shape index (κ3) is 3.61. The van der Waals surface area contributed by atoms with Gasteiger partial charge >= 0.3 is 6.03 Å². The average Bonchev–Trinajstić information content (AvgIpc) is 2.82. The van der Waals surface area contributed by atoms with Crippen LogP contribution in [0.5, 0.6) is 0 Å². The molecule has 1 heterocycles. The Morgan fingerprint density at radius 1 is 1.20 bits per heavy atom. The molecule has 1 unspecified atom stereocenters. The van der Waals surface area contributed by atoms with Crippen molar-refractivity contribution >= 4 is 17.4 Å². The minimum absolute atomic E-state index is 0.000586. The Morgan fingerprint density at radius 2 is 1.95 bits per heavy atom. The molecule has 106 valence electrons. The summed E-state index contributed by atoms with van der Waals surface area (Å²) in [6.07, 6.45) is 0. The predicted octanol–water partition coefficient (Wildman–Crippen LogP) is 3.93. The smallest absolute Gasteiger partial charge is 0.315 e. The molecular weight excluding hydrogens is 268 g/mol. The molecule has 0 aliphatic heterocycles. The van der Waals surface area contributed by atoms with Crippen molar-refractivity contribution < 1.29 is 4.79 Å². The maximum absolute atomic E-state index is 11.9. The summed E-state index contributed by atoms with van der Waals surface area (Å²) >= 11 is 1.67. The topological polar surface area (TPSA) is 41.1 Å². The first kappa shape index (κ1) is 14.6. The van der Waals surface area contributed by atoms with Crippen LogP contribution in [0.1, 0.15) is 34.5 Å². The van der Waals surface area contributed by atoms with Crippen LogP contribution in [-0.4, -0.2) is 6.03 Å². The molecule has 0 aliphatic rings. The number of hydrogen-bond acceptors (Lipinski definition) is 2. The van der Waals surface area contributed by atoms with Gasteiger partial charge in [0.2, 0.25) is 0 Å². The maximum Gasteiger partial charge on any atom is 0.315 e. The van der Waals surface area contributed by atoms with Gasteiger partial charge in [-0.05, 0) is 48.9 Å². The molecule has 0 fully saturated rings. The number of amides is 2. The molecule has 0 bridgehead atoms. The van der Waals surface area contributed by atoms with Gasteiger partial charge in [-0.1, -0.05) is 24.3 Å². The van der Waals surface area contributed by atoms with Crippen molar-refractivity contribution in [2.24, 2.45) is 0 Å². The zero-order valence-electron chi connectivity index (χ0n) is 12.1. The van der Waals surface area contributed by atoms with E-state index in [0.29, 0.717) is 6.54 Å². The van der Waals surface area contributed by atoms with Gasteiger partial charge in [0.1, 0.15) is 0 Å². The Kier molecular flexibility index (Phi) is 4.79. The van der Waals surface area contributed by atoms with Gasteiger partial charge in [-0.25, -0.2) is 4.79 Å².